The highest BCUT2D eigenvalue weighted by Crippen LogP contribution is 2.41. The van der Waals surface area contributed by atoms with Crippen LogP contribution < -0.4 is 20.7 Å². The van der Waals surface area contributed by atoms with Crippen LogP contribution in [-0.2, 0) is 9.59 Å². The van der Waals surface area contributed by atoms with Crippen molar-refractivity contribution in [3.05, 3.63) is 81.9 Å². The van der Waals surface area contributed by atoms with Crippen molar-refractivity contribution in [2.24, 2.45) is 0 Å². The molecule has 4 rings (SSSR count). The standard InChI is InChI=1S/C24H21N5O4S2/c1-14-20(22(31)28-16-6-3-4-7-17(16)32-2)21(18-8-5-10-33-18)15(12-25)23(27-14)35-13-19(30)29-24-26-9-11-34-24/h3-11,21,27H,13H2,1-2H3,(H,28,31)(H,26,29,30). The van der Waals surface area contributed by atoms with Crippen LogP contribution in [0.1, 0.15) is 18.6 Å². The fourth-order valence-corrected chi connectivity index (χ4v) is 5.02. The number of carbonyl (C=O) groups excluding carboxylic acids is 2. The molecule has 178 valence electrons. The van der Waals surface area contributed by atoms with Crippen LogP contribution in [0.3, 0.4) is 0 Å². The summed E-state index contributed by atoms with van der Waals surface area (Å²) in [5.41, 5.74) is 1.66. The van der Waals surface area contributed by atoms with Gasteiger partial charge in [-0.1, -0.05) is 23.9 Å². The van der Waals surface area contributed by atoms with Crippen LogP contribution in [0.5, 0.6) is 5.75 Å². The van der Waals surface area contributed by atoms with Crippen molar-refractivity contribution in [1.82, 2.24) is 10.3 Å². The highest BCUT2D eigenvalue weighted by atomic mass is 32.2. The van der Waals surface area contributed by atoms with Crippen molar-refractivity contribution in [1.29, 1.82) is 5.26 Å². The molecule has 1 atom stereocenters. The zero-order valence-electron chi connectivity index (χ0n) is 18.8. The lowest BCUT2D eigenvalue weighted by Crippen LogP contribution is -2.31. The van der Waals surface area contributed by atoms with Gasteiger partial charge in [0.25, 0.3) is 5.91 Å². The molecule has 0 radical (unpaired) electrons. The average molecular weight is 508 g/mol. The minimum Gasteiger partial charge on any atom is -0.495 e. The molecular formula is C24H21N5O4S2. The Kier molecular flexibility index (Phi) is 7.54. The number of nitrogens with one attached hydrogen (secondary N) is 3. The van der Waals surface area contributed by atoms with Crippen LogP contribution in [0.2, 0.25) is 0 Å². The van der Waals surface area contributed by atoms with Crippen molar-refractivity contribution in [2.45, 2.75) is 12.8 Å². The first kappa shape index (κ1) is 24.1. The Balaban J connectivity index is 1.61. The zero-order valence-corrected chi connectivity index (χ0v) is 20.5. The summed E-state index contributed by atoms with van der Waals surface area (Å²) < 4.78 is 11.0. The third-order valence-electron chi connectivity index (χ3n) is 5.10. The maximum Gasteiger partial charge on any atom is 0.254 e. The fraction of sp³-hybridized carbons (Fsp3) is 0.167. The average Bonchev–Trinajstić information content (AvgIpc) is 3.57. The minimum atomic E-state index is -0.754. The van der Waals surface area contributed by atoms with E-state index in [1.165, 1.54) is 36.5 Å². The number of para-hydroxylation sites is 2. The maximum absolute atomic E-state index is 13.4. The number of ether oxygens (including phenoxy) is 1. The van der Waals surface area contributed by atoms with Crippen LogP contribution in [0.15, 0.2) is 80.5 Å². The largest absolute Gasteiger partial charge is 0.495 e. The normalized spacial score (nSPS) is 15.3. The lowest BCUT2D eigenvalue weighted by molar-refractivity contribution is -0.114. The van der Waals surface area contributed by atoms with E-state index in [1.807, 2.05) is 0 Å². The Hall–Kier alpha value is -4.01. The number of carbonyl (C=O) groups is 2. The summed E-state index contributed by atoms with van der Waals surface area (Å²) in [6, 6.07) is 12.7. The van der Waals surface area contributed by atoms with Crippen LogP contribution in [0.4, 0.5) is 10.8 Å². The van der Waals surface area contributed by atoms with Crippen LogP contribution in [-0.4, -0.2) is 29.7 Å². The summed E-state index contributed by atoms with van der Waals surface area (Å²) in [7, 11) is 1.52. The number of nitriles is 1. The molecular weight excluding hydrogens is 486 g/mol. The van der Waals surface area contributed by atoms with Gasteiger partial charge in [-0.05, 0) is 31.2 Å². The molecule has 1 aliphatic rings. The second-order valence-corrected chi connectivity index (χ2v) is 9.18. The number of hydrogen-bond acceptors (Lipinski definition) is 9. The molecule has 1 aromatic carbocycles. The van der Waals surface area contributed by atoms with E-state index < -0.39 is 11.8 Å². The van der Waals surface area contributed by atoms with E-state index in [-0.39, 0.29) is 17.2 Å². The van der Waals surface area contributed by atoms with E-state index in [9.17, 15) is 14.9 Å². The Bertz CT molecular complexity index is 1320. The van der Waals surface area contributed by atoms with Crippen LogP contribution >= 0.6 is 23.1 Å². The highest BCUT2D eigenvalue weighted by Gasteiger charge is 2.36. The highest BCUT2D eigenvalue weighted by molar-refractivity contribution is 8.03. The van der Waals surface area contributed by atoms with Gasteiger partial charge in [-0.15, -0.1) is 11.3 Å². The molecule has 1 aliphatic heterocycles. The van der Waals surface area contributed by atoms with Gasteiger partial charge in [-0.2, -0.15) is 5.26 Å². The van der Waals surface area contributed by atoms with Gasteiger partial charge in [0, 0.05) is 17.3 Å². The third-order valence-corrected chi connectivity index (χ3v) is 6.81. The van der Waals surface area contributed by atoms with Gasteiger partial charge in [0.2, 0.25) is 5.91 Å². The number of anilines is 2. The molecule has 11 heteroatoms. The second kappa shape index (κ2) is 10.9. The molecule has 0 aliphatic carbocycles. The number of thioether (sulfide) groups is 1. The molecule has 9 nitrogen and oxygen atoms in total. The van der Waals surface area contributed by atoms with Gasteiger partial charge in [0.15, 0.2) is 5.13 Å². The van der Waals surface area contributed by atoms with Crippen LogP contribution in [0, 0.1) is 11.3 Å². The van der Waals surface area contributed by atoms with Crippen molar-refractivity contribution in [2.75, 3.05) is 23.5 Å². The van der Waals surface area contributed by atoms with Crippen molar-refractivity contribution in [3.63, 3.8) is 0 Å². The molecule has 2 aromatic heterocycles. The number of allylic oxidation sites excluding steroid dienone is 2. The predicted molar refractivity (Wildman–Crippen MR) is 135 cm³/mol. The van der Waals surface area contributed by atoms with E-state index in [2.05, 4.69) is 27.0 Å². The summed E-state index contributed by atoms with van der Waals surface area (Å²) in [4.78, 5) is 29.9. The molecule has 3 N–H and O–H groups in total. The van der Waals surface area contributed by atoms with Crippen molar-refractivity contribution >= 4 is 45.7 Å². The number of dihydropyridines is 1. The molecule has 0 saturated carbocycles. The molecule has 0 spiro atoms. The summed E-state index contributed by atoms with van der Waals surface area (Å²) in [5.74, 6) is -0.412. The molecule has 3 heterocycles. The minimum absolute atomic E-state index is 0.0496. The van der Waals surface area contributed by atoms with E-state index in [0.717, 1.165) is 0 Å². The lowest BCUT2D eigenvalue weighted by atomic mass is 9.85. The smallest absolute Gasteiger partial charge is 0.254 e. The van der Waals surface area contributed by atoms with Gasteiger partial charge in [-0.3, -0.25) is 9.59 Å². The number of amides is 2. The van der Waals surface area contributed by atoms with Crippen LogP contribution in [0.25, 0.3) is 0 Å². The SMILES string of the molecule is COc1ccccc1NC(=O)C1=C(C)NC(SCC(=O)Nc2nccs2)=C(C#N)C1c1ccco1. The fourth-order valence-electron chi connectivity index (χ4n) is 3.58. The van der Waals surface area contributed by atoms with Crippen molar-refractivity contribution in [3.8, 4) is 11.8 Å². The first-order chi connectivity index (χ1) is 17.0. The van der Waals surface area contributed by atoms with E-state index in [0.29, 0.717) is 38.6 Å². The van der Waals surface area contributed by atoms with E-state index in [1.54, 1.807) is 54.9 Å². The first-order valence-electron chi connectivity index (χ1n) is 10.4. The summed E-state index contributed by atoms with van der Waals surface area (Å²) in [5, 5.41) is 21.6. The third kappa shape index (κ3) is 5.40. The molecule has 3 aromatic rings. The van der Waals surface area contributed by atoms with Gasteiger partial charge in [0.1, 0.15) is 11.5 Å². The Morgan fingerprint density at radius 1 is 1.29 bits per heavy atom. The first-order valence-corrected chi connectivity index (χ1v) is 12.3. The number of aromatic nitrogens is 1. The number of furan rings is 1. The molecule has 35 heavy (non-hydrogen) atoms. The van der Waals surface area contributed by atoms with Gasteiger partial charge in [0.05, 0.1) is 53.0 Å². The molecule has 1 unspecified atom stereocenters. The Morgan fingerprint density at radius 3 is 2.80 bits per heavy atom. The number of rotatable bonds is 8. The summed E-state index contributed by atoms with van der Waals surface area (Å²) in [6.45, 7) is 1.75. The molecule has 0 fully saturated rings. The number of thiazole rings is 1. The quantitative estimate of drug-likeness (QED) is 0.408. The monoisotopic (exact) mass is 507 g/mol. The summed E-state index contributed by atoms with van der Waals surface area (Å²) >= 11 is 2.49. The lowest BCUT2D eigenvalue weighted by Gasteiger charge is -2.28. The second-order valence-electron chi connectivity index (χ2n) is 7.30. The topological polar surface area (TPSA) is 129 Å². The van der Waals surface area contributed by atoms with Gasteiger partial charge >= 0.3 is 0 Å². The van der Waals surface area contributed by atoms with E-state index >= 15 is 0 Å². The number of hydrogen-bond donors (Lipinski definition) is 3. The number of nitrogens with zero attached hydrogens (tertiary/aromatic N) is 2. The Labute approximate surface area is 209 Å². The van der Waals surface area contributed by atoms with Crippen molar-refractivity contribution < 1.29 is 18.7 Å². The van der Waals surface area contributed by atoms with E-state index in [4.69, 9.17) is 9.15 Å². The number of benzene rings is 1. The summed E-state index contributed by atoms with van der Waals surface area (Å²) in [6.07, 6.45) is 3.10. The Morgan fingerprint density at radius 2 is 2.11 bits per heavy atom. The molecule has 2 amide bonds. The maximum atomic E-state index is 13.4. The predicted octanol–water partition coefficient (Wildman–Crippen LogP) is 4.45. The molecule has 0 bridgehead atoms. The van der Waals surface area contributed by atoms with Gasteiger partial charge in [-0.25, -0.2) is 4.98 Å². The zero-order chi connectivity index (χ0) is 24.8. The molecule has 0 saturated heterocycles. The number of methoxy groups -OCH3 is 1. The van der Waals surface area contributed by atoms with Gasteiger partial charge < -0.3 is 25.1 Å².